The summed E-state index contributed by atoms with van der Waals surface area (Å²) in [7, 11) is 1.61. The number of likely N-dealkylation sites (tertiary alicyclic amines) is 1. The van der Waals surface area contributed by atoms with Crippen LogP contribution in [0.2, 0.25) is 0 Å². The normalized spacial score (nSPS) is 15.0. The molecule has 0 atom stereocenters. The minimum Gasteiger partial charge on any atom is -0.496 e. The topological polar surface area (TPSA) is 68.5 Å². The number of rotatable bonds is 6. The van der Waals surface area contributed by atoms with E-state index in [0.717, 1.165) is 31.5 Å². The predicted octanol–water partition coefficient (Wildman–Crippen LogP) is 3.63. The Morgan fingerprint density at radius 1 is 1.20 bits per heavy atom. The lowest BCUT2D eigenvalue weighted by atomic mass is 10.2. The van der Waals surface area contributed by atoms with Gasteiger partial charge in [-0.05, 0) is 25.0 Å². The second-order valence-electron chi connectivity index (χ2n) is 5.97. The fraction of sp³-hybridized carbons (Fsp3) is 0.500. The van der Waals surface area contributed by atoms with E-state index in [4.69, 9.17) is 9.15 Å². The van der Waals surface area contributed by atoms with Gasteiger partial charge in [-0.1, -0.05) is 36.7 Å². The second-order valence-corrected chi connectivity index (χ2v) is 7.01. The van der Waals surface area contributed by atoms with Gasteiger partial charge in [-0.25, -0.2) is 0 Å². The van der Waals surface area contributed by atoms with Crippen LogP contribution in [-0.4, -0.2) is 47.0 Å². The lowest BCUT2D eigenvalue weighted by Crippen LogP contribution is -2.31. The third-order valence-corrected chi connectivity index (χ3v) is 5.06. The van der Waals surface area contributed by atoms with Gasteiger partial charge in [0.2, 0.25) is 5.91 Å². The number of carbonyl (C=O) groups excluding carboxylic acids is 1. The van der Waals surface area contributed by atoms with Crippen LogP contribution in [0.5, 0.6) is 5.75 Å². The highest BCUT2D eigenvalue weighted by Crippen LogP contribution is 2.30. The zero-order valence-electron chi connectivity index (χ0n) is 14.4. The number of nitrogens with zero attached hydrogens (tertiary/aromatic N) is 3. The highest BCUT2D eigenvalue weighted by molar-refractivity contribution is 7.99. The van der Waals surface area contributed by atoms with Gasteiger partial charge in [0.25, 0.3) is 11.1 Å². The number of para-hydroxylation sites is 1. The third kappa shape index (κ3) is 4.75. The molecule has 1 aliphatic rings. The van der Waals surface area contributed by atoms with E-state index < -0.39 is 0 Å². The average molecular weight is 361 g/mol. The maximum Gasteiger partial charge on any atom is 0.276 e. The van der Waals surface area contributed by atoms with Crippen LogP contribution < -0.4 is 4.74 Å². The summed E-state index contributed by atoms with van der Waals surface area (Å²) >= 11 is 1.42. The quantitative estimate of drug-likeness (QED) is 0.732. The first-order valence-electron chi connectivity index (χ1n) is 8.65. The fourth-order valence-electron chi connectivity index (χ4n) is 2.90. The van der Waals surface area contributed by atoms with E-state index in [9.17, 15) is 4.79 Å². The van der Waals surface area contributed by atoms with Gasteiger partial charge >= 0.3 is 0 Å². The van der Waals surface area contributed by atoms with Crippen molar-refractivity contribution in [3.63, 3.8) is 0 Å². The first kappa shape index (κ1) is 17.8. The molecule has 0 saturated carbocycles. The van der Waals surface area contributed by atoms with Gasteiger partial charge in [0.15, 0.2) is 0 Å². The summed E-state index contributed by atoms with van der Waals surface area (Å²) in [6.45, 7) is 1.78. The number of benzene rings is 1. The van der Waals surface area contributed by atoms with Crippen molar-refractivity contribution in [1.29, 1.82) is 0 Å². The summed E-state index contributed by atoms with van der Waals surface area (Å²) in [5.74, 6) is 1.99. The van der Waals surface area contributed by atoms with Gasteiger partial charge in [0.05, 0.1) is 12.7 Å². The van der Waals surface area contributed by atoms with Crippen LogP contribution >= 0.6 is 11.8 Å². The SMILES string of the molecule is COc1ccccc1-c1nnc(SCCC(=O)N2CCCCCC2)o1. The van der Waals surface area contributed by atoms with E-state index in [2.05, 4.69) is 10.2 Å². The number of carbonyl (C=O) groups is 1. The van der Waals surface area contributed by atoms with Crippen molar-refractivity contribution in [1.82, 2.24) is 15.1 Å². The molecule has 3 rings (SSSR count). The number of amides is 1. The molecule has 0 aliphatic carbocycles. The summed E-state index contributed by atoms with van der Waals surface area (Å²) in [6.07, 6.45) is 5.19. The summed E-state index contributed by atoms with van der Waals surface area (Å²) in [6, 6.07) is 7.52. The molecular formula is C18H23N3O3S. The molecule has 134 valence electrons. The van der Waals surface area contributed by atoms with Crippen molar-refractivity contribution in [3.05, 3.63) is 24.3 Å². The van der Waals surface area contributed by atoms with Crippen molar-refractivity contribution < 1.29 is 13.9 Å². The van der Waals surface area contributed by atoms with E-state index in [-0.39, 0.29) is 5.91 Å². The number of hydrogen-bond donors (Lipinski definition) is 0. The zero-order valence-corrected chi connectivity index (χ0v) is 15.3. The maximum atomic E-state index is 12.3. The molecular weight excluding hydrogens is 338 g/mol. The molecule has 0 unspecified atom stereocenters. The molecule has 0 N–H and O–H groups in total. The minimum absolute atomic E-state index is 0.221. The Balaban J connectivity index is 1.52. The first-order chi connectivity index (χ1) is 12.3. The lowest BCUT2D eigenvalue weighted by molar-refractivity contribution is -0.130. The summed E-state index contributed by atoms with van der Waals surface area (Å²) in [5, 5.41) is 8.62. The smallest absolute Gasteiger partial charge is 0.276 e. The van der Waals surface area contributed by atoms with Crippen LogP contribution in [0.4, 0.5) is 0 Å². The van der Waals surface area contributed by atoms with Crippen LogP contribution in [0.15, 0.2) is 33.9 Å². The summed E-state index contributed by atoms with van der Waals surface area (Å²) < 4.78 is 11.0. The predicted molar refractivity (Wildman–Crippen MR) is 96.7 cm³/mol. The Labute approximate surface area is 151 Å². The van der Waals surface area contributed by atoms with E-state index in [1.165, 1.54) is 24.6 Å². The number of hydrogen-bond acceptors (Lipinski definition) is 6. The molecule has 1 amide bonds. The molecule has 1 saturated heterocycles. The number of methoxy groups -OCH3 is 1. The average Bonchev–Trinajstić information content (AvgIpc) is 2.94. The molecule has 6 nitrogen and oxygen atoms in total. The Kier molecular flexibility index (Phi) is 6.33. The molecule has 2 aromatic rings. The molecule has 0 radical (unpaired) electrons. The summed E-state index contributed by atoms with van der Waals surface area (Å²) in [5.41, 5.74) is 0.769. The Hall–Kier alpha value is -2.02. The molecule has 0 spiro atoms. The molecule has 25 heavy (non-hydrogen) atoms. The van der Waals surface area contributed by atoms with Gasteiger partial charge in [-0.15, -0.1) is 10.2 Å². The highest BCUT2D eigenvalue weighted by Gasteiger charge is 2.17. The molecule has 1 aliphatic heterocycles. The van der Waals surface area contributed by atoms with Crippen LogP contribution in [-0.2, 0) is 4.79 Å². The van der Waals surface area contributed by atoms with Gasteiger partial charge < -0.3 is 14.1 Å². The number of ether oxygens (including phenoxy) is 1. The lowest BCUT2D eigenvalue weighted by Gasteiger charge is -2.19. The maximum absolute atomic E-state index is 12.3. The monoisotopic (exact) mass is 361 g/mol. The first-order valence-corrected chi connectivity index (χ1v) is 9.64. The van der Waals surface area contributed by atoms with Crippen molar-refractivity contribution in [3.8, 4) is 17.2 Å². The fourth-order valence-corrected chi connectivity index (χ4v) is 3.59. The minimum atomic E-state index is 0.221. The molecule has 1 aromatic heterocycles. The van der Waals surface area contributed by atoms with Crippen molar-refractivity contribution >= 4 is 17.7 Å². The van der Waals surface area contributed by atoms with E-state index in [1.807, 2.05) is 29.2 Å². The number of aromatic nitrogens is 2. The van der Waals surface area contributed by atoms with Gasteiger partial charge in [0.1, 0.15) is 5.75 Å². The molecule has 1 fully saturated rings. The summed E-state index contributed by atoms with van der Waals surface area (Å²) in [4.78, 5) is 14.3. The van der Waals surface area contributed by atoms with Crippen LogP contribution in [0.25, 0.3) is 11.5 Å². The van der Waals surface area contributed by atoms with E-state index in [1.54, 1.807) is 7.11 Å². The molecule has 2 heterocycles. The largest absolute Gasteiger partial charge is 0.496 e. The van der Waals surface area contributed by atoms with Crippen molar-refractivity contribution in [2.45, 2.75) is 37.3 Å². The molecule has 7 heteroatoms. The van der Waals surface area contributed by atoms with Gasteiger partial charge in [-0.2, -0.15) is 0 Å². The Morgan fingerprint density at radius 3 is 2.72 bits per heavy atom. The van der Waals surface area contributed by atoms with Crippen LogP contribution in [0.3, 0.4) is 0 Å². The van der Waals surface area contributed by atoms with Crippen LogP contribution in [0, 0.1) is 0 Å². The third-order valence-electron chi connectivity index (χ3n) is 4.24. The van der Waals surface area contributed by atoms with Gasteiger partial charge in [-0.3, -0.25) is 4.79 Å². The van der Waals surface area contributed by atoms with E-state index in [0.29, 0.717) is 29.0 Å². The van der Waals surface area contributed by atoms with Gasteiger partial charge in [0, 0.05) is 25.3 Å². The molecule has 0 bridgehead atoms. The van der Waals surface area contributed by atoms with Crippen LogP contribution in [0.1, 0.15) is 32.1 Å². The van der Waals surface area contributed by atoms with E-state index >= 15 is 0 Å². The van der Waals surface area contributed by atoms with Crippen molar-refractivity contribution in [2.75, 3.05) is 26.0 Å². The standard InChI is InChI=1S/C18H23N3O3S/c1-23-15-9-5-4-8-14(15)17-19-20-18(24-17)25-13-10-16(22)21-11-6-2-3-7-12-21/h4-5,8-9H,2-3,6-7,10-13H2,1H3. The Bertz CT molecular complexity index is 696. The van der Waals surface area contributed by atoms with Crippen molar-refractivity contribution in [2.24, 2.45) is 0 Å². The second kappa shape index (κ2) is 8.89. The Morgan fingerprint density at radius 2 is 1.96 bits per heavy atom. The molecule has 1 aromatic carbocycles. The number of thioether (sulfide) groups is 1. The zero-order chi connectivity index (χ0) is 17.5. The highest BCUT2D eigenvalue weighted by atomic mass is 32.2.